The molecule has 1 saturated heterocycles. The molecule has 8 nitrogen and oxygen atoms in total. The van der Waals surface area contributed by atoms with E-state index >= 15 is 0 Å². The van der Waals surface area contributed by atoms with Crippen molar-refractivity contribution < 1.29 is 4.79 Å². The van der Waals surface area contributed by atoms with E-state index in [0.29, 0.717) is 18.0 Å². The Balaban J connectivity index is 1.74. The maximum absolute atomic E-state index is 12.6. The van der Waals surface area contributed by atoms with Crippen LogP contribution in [0.2, 0.25) is 0 Å². The molecule has 2 aromatic rings. The molecule has 1 atom stereocenters. The summed E-state index contributed by atoms with van der Waals surface area (Å²) in [7, 11) is 1.85. The number of amides is 1. The van der Waals surface area contributed by atoms with E-state index in [0.717, 1.165) is 31.3 Å². The number of piperidine rings is 1. The number of rotatable bonds is 4. The van der Waals surface area contributed by atoms with Crippen LogP contribution >= 0.6 is 0 Å². The van der Waals surface area contributed by atoms with Crippen molar-refractivity contribution in [1.29, 1.82) is 0 Å². The number of aromatic nitrogens is 4. The summed E-state index contributed by atoms with van der Waals surface area (Å²) in [4.78, 5) is 31.8. The van der Waals surface area contributed by atoms with Gasteiger partial charge in [-0.25, -0.2) is 15.0 Å². The number of imidazole rings is 1. The quantitative estimate of drug-likeness (QED) is 0.832. The predicted octanol–water partition coefficient (Wildman–Crippen LogP) is 0.129. The van der Waals surface area contributed by atoms with E-state index < -0.39 is 0 Å². The minimum Gasteiger partial charge on any atom is -0.348 e. The SMILES string of the molecule is CN(CC(=O)N1CCCCC1CN)c1ncnc2nc[nH]c12. The van der Waals surface area contributed by atoms with Gasteiger partial charge in [0.2, 0.25) is 5.91 Å². The first-order chi connectivity index (χ1) is 10.7. The fourth-order valence-electron chi connectivity index (χ4n) is 2.98. The fourth-order valence-corrected chi connectivity index (χ4v) is 2.98. The number of fused-ring (bicyclic) bond motifs is 1. The highest BCUT2D eigenvalue weighted by Gasteiger charge is 2.26. The van der Waals surface area contributed by atoms with E-state index in [9.17, 15) is 4.79 Å². The van der Waals surface area contributed by atoms with Gasteiger partial charge in [-0.05, 0) is 19.3 Å². The molecule has 0 saturated carbocycles. The highest BCUT2D eigenvalue weighted by Crippen LogP contribution is 2.20. The molecule has 3 N–H and O–H groups in total. The number of aromatic amines is 1. The molecule has 0 spiro atoms. The molecular weight excluding hydrogens is 282 g/mol. The van der Waals surface area contributed by atoms with E-state index in [4.69, 9.17) is 5.73 Å². The summed E-state index contributed by atoms with van der Waals surface area (Å²) < 4.78 is 0. The number of hydrogen-bond acceptors (Lipinski definition) is 6. The Hall–Kier alpha value is -2.22. The maximum atomic E-state index is 12.6. The summed E-state index contributed by atoms with van der Waals surface area (Å²) in [5.41, 5.74) is 7.13. The number of H-pyrrole nitrogens is 1. The molecule has 0 bridgehead atoms. The average molecular weight is 303 g/mol. The lowest BCUT2D eigenvalue weighted by Gasteiger charge is -2.36. The smallest absolute Gasteiger partial charge is 0.242 e. The monoisotopic (exact) mass is 303 g/mol. The molecule has 1 aliphatic rings. The second-order valence-corrected chi connectivity index (χ2v) is 5.63. The minimum atomic E-state index is 0.0870. The summed E-state index contributed by atoms with van der Waals surface area (Å²) in [5.74, 6) is 0.765. The lowest BCUT2D eigenvalue weighted by molar-refractivity contribution is -0.133. The number of likely N-dealkylation sites (N-methyl/N-ethyl adjacent to an activating group) is 1. The molecule has 3 rings (SSSR count). The molecule has 22 heavy (non-hydrogen) atoms. The van der Waals surface area contributed by atoms with Crippen LogP contribution in [-0.4, -0.2) is 63.5 Å². The van der Waals surface area contributed by atoms with E-state index in [-0.39, 0.29) is 18.5 Å². The van der Waals surface area contributed by atoms with Gasteiger partial charge < -0.3 is 20.5 Å². The third kappa shape index (κ3) is 2.74. The number of nitrogens with one attached hydrogen (secondary N) is 1. The van der Waals surface area contributed by atoms with E-state index in [1.807, 2.05) is 16.8 Å². The number of hydrogen-bond donors (Lipinski definition) is 2. The number of likely N-dealkylation sites (tertiary alicyclic amines) is 1. The molecule has 0 aliphatic carbocycles. The van der Waals surface area contributed by atoms with Gasteiger partial charge in [-0.1, -0.05) is 0 Å². The van der Waals surface area contributed by atoms with Crippen LogP contribution in [0.3, 0.4) is 0 Å². The van der Waals surface area contributed by atoms with Crippen molar-refractivity contribution in [3.63, 3.8) is 0 Å². The maximum Gasteiger partial charge on any atom is 0.242 e. The topological polar surface area (TPSA) is 104 Å². The van der Waals surface area contributed by atoms with Crippen LogP contribution in [0.25, 0.3) is 11.2 Å². The lowest BCUT2D eigenvalue weighted by Crippen LogP contribution is -2.50. The molecule has 1 unspecified atom stereocenters. The highest BCUT2D eigenvalue weighted by molar-refractivity contribution is 5.87. The summed E-state index contributed by atoms with van der Waals surface area (Å²) >= 11 is 0. The van der Waals surface area contributed by atoms with Crippen LogP contribution in [0.4, 0.5) is 5.82 Å². The van der Waals surface area contributed by atoms with Crippen molar-refractivity contribution in [2.24, 2.45) is 5.73 Å². The summed E-state index contributed by atoms with van der Waals surface area (Å²) in [5, 5.41) is 0. The van der Waals surface area contributed by atoms with Crippen LogP contribution in [0, 0.1) is 0 Å². The Bertz CT molecular complexity index is 655. The second kappa shape index (κ2) is 6.27. The Morgan fingerprint density at radius 3 is 3.14 bits per heavy atom. The van der Waals surface area contributed by atoms with Crippen molar-refractivity contribution in [3.8, 4) is 0 Å². The van der Waals surface area contributed by atoms with Gasteiger partial charge in [0.1, 0.15) is 11.8 Å². The molecule has 118 valence electrons. The van der Waals surface area contributed by atoms with Gasteiger partial charge in [-0.15, -0.1) is 0 Å². The number of anilines is 1. The summed E-state index contributed by atoms with van der Waals surface area (Å²) in [6.07, 6.45) is 6.22. The average Bonchev–Trinajstić information content (AvgIpc) is 3.03. The number of carbonyl (C=O) groups excluding carboxylic acids is 1. The van der Waals surface area contributed by atoms with Crippen LogP contribution < -0.4 is 10.6 Å². The molecule has 1 amide bonds. The Kier molecular flexibility index (Phi) is 4.19. The molecule has 0 radical (unpaired) electrons. The second-order valence-electron chi connectivity index (χ2n) is 5.63. The summed E-state index contributed by atoms with van der Waals surface area (Å²) in [6.45, 7) is 1.58. The molecule has 2 aromatic heterocycles. The highest BCUT2D eigenvalue weighted by atomic mass is 16.2. The van der Waals surface area contributed by atoms with Gasteiger partial charge >= 0.3 is 0 Å². The number of nitrogens with two attached hydrogens (primary N) is 1. The summed E-state index contributed by atoms with van der Waals surface area (Å²) in [6, 6.07) is 0.159. The number of carbonyl (C=O) groups is 1. The van der Waals surface area contributed by atoms with Crippen LogP contribution in [0.1, 0.15) is 19.3 Å². The van der Waals surface area contributed by atoms with Gasteiger partial charge in [0.25, 0.3) is 0 Å². The van der Waals surface area contributed by atoms with Gasteiger partial charge in [0.05, 0.1) is 12.9 Å². The Morgan fingerprint density at radius 1 is 1.45 bits per heavy atom. The lowest BCUT2D eigenvalue weighted by atomic mass is 10.0. The molecule has 1 aliphatic heterocycles. The normalized spacial score (nSPS) is 18.6. The Labute approximate surface area is 128 Å². The van der Waals surface area contributed by atoms with Crippen LogP contribution in [0.15, 0.2) is 12.7 Å². The Morgan fingerprint density at radius 2 is 2.32 bits per heavy atom. The number of nitrogens with zero attached hydrogens (tertiary/aromatic N) is 5. The molecule has 3 heterocycles. The zero-order valence-corrected chi connectivity index (χ0v) is 12.7. The van der Waals surface area contributed by atoms with Crippen molar-refractivity contribution >= 4 is 22.9 Å². The molecule has 0 aromatic carbocycles. The van der Waals surface area contributed by atoms with Crippen molar-refractivity contribution in [3.05, 3.63) is 12.7 Å². The van der Waals surface area contributed by atoms with Gasteiger partial charge in [0, 0.05) is 26.2 Å². The largest absolute Gasteiger partial charge is 0.348 e. The zero-order valence-electron chi connectivity index (χ0n) is 12.7. The fraction of sp³-hybridized carbons (Fsp3) is 0.571. The standard InChI is InChI=1S/C14H21N7O/c1-20(14-12-13(17-8-16-12)18-9-19-14)7-11(22)21-5-3-2-4-10(21)6-15/h8-10H,2-7,15H2,1H3,(H,16,17,18,19). The first kappa shape index (κ1) is 14.7. The van der Waals surface area contributed by atoms with Gasteiger partial charge in [-0.3, -0.25) is 4.79 Å². The van der Waals surface area contributed by atoms with Crippen molar-refractivity contribution in [2.75, 3.05) is 31.6 Å². The van der Waals surface area contributed by atoms with Gasteiger partial charge in [0.15, 0.2) is 11.5 Å². The van der Waals surface area contributed by atoms with E-state index in [2.05, 4.69) is 19.9 Å². The van der Waals surface area contributed by atoms with Crippen molar-refractivity contribution in [2.45, 2.75) is 25.3 Å². The zero-order chi connectivity index (χ0) is 15.5. The first-order valence-corrected chi connectivity index (χ1v) is 7.55. The molecular formula is C14H21N7O. The molecule has 8 heteroatoms. The minimum absolute atomic E-state index is 0.0870. The van der Waals surface area contributed by atoms with Gasteiger partial charge in [-0.2, -0.15) is 0 Å². The third-order valence-corrected chi connectivity index (χ3v) is 4.16. The van der Waals surface area contributed by atoms with Crippen LogP contribution in [0.5, 0.6) is 0 Å². The predicted molar refractivity (Wildman–Crippen MR) is 83.4 cm³/mol. The van der Waals surface area contributed by atoms with Crippen LogP contribution in [-0.2, 0) is 4.79 Å². The van der Waals surface area contributed by atoms with E-state index in [1.165, 1.54) is 6.33 Å². The third-order valence-electron chi connectivity index (χ3n) is 4.16. The first-order valence-electron chi connectivity index (χ1n) is 7.55. The van der Waals surface area contributed by atoms with Crippen molar-refractivity contribution in [1.82, 2.24) is 24.8 Å². The molecule has 1 fully saturated rings. The van der Waals surface area contributed by atoms with E-state index in [1.54, 1.807) is 6.33 Å².